The van der Waals surface area contributed by atoms with Crippen LogP contribution >= 0.6 is 0 Å². The Morgan fingerprint density at radius 1 is 1.20 bits per heavy atom. The average Bonchev–Trinajstić information content (AvgIpc) is 2.84. The third kappa shape index (κ3) is 2.75. The zero-order valence-electron chi connectivity index (χ0n) is 12.8. The molecule has 2 aromatic rings. The highest BCUT2D eigenvalue weighted by atomic mass is 15.3. The molecule has 0 aliphatic heterocycles. The van der Waals surface area contributed by atoms with Gasteiger partial charge in [0.1, 0.15) is 0 Å². The van der Waals surface area contributed by atoms with E-state index in [1.165, 1.54) is 5.69 Å². The predicted octanol–water partition coefficient (Wildman–Crippen LogP) is 4.16. The van der Waals surface area contributed by atoms with Crippen molar-refractivity contribution in [3.05, 3.63) is 47.3 Å². The first-order valence-electron chi connectivity index (χ1n) is 6.94. The molecule has 104 valence electrons. The number of nitrogens with zero attached hydrogens (tertiary/aromatic N) is 3. The van der Waals surface area contributed by atoms with E-state index in [4.69, 9.17) is 10.4 Å². The summed E-state index contributed by atoms with van der Waals surface area (Å²) in [5.74, 6) is 0.379. The Kier molecular flexibility index (Phi) is 3.67. The second kappa shape index (κ2) is 5.13. The number of hydrogen-bond donors (Lipinski definition) is 0. The first-order valence-corrected chi connectivity index (χ1v) is 6.94. The molecule has 0 atom stereocenters. The summed E-state index contributed by atoms with van der Waals surface area (Å²) >= 11 is 0. The number of benzene rings is 1. The van der Waals surface area contributed by atoms with Gasteiger partial charge in [-0.3, -0.25) is 0 Å². The summed E-state index contributed by atoms with van der Waals surface area (Å²) in [5.41, 5.74) is 3.86. The zero-order valence-corrected chi connectivity index (χ0v) is 12.8. The molecule has 0 bridgehead atoms. The smallest absolute Gasteiger partial charge is 0.0992 e. The van der Waals surface area contributed by atoms with Gasteiger partial charge in [0.15, 0.2) is 0 Å². The SMILES string of the molecule is CC(C)c1cc(C(C)(C)C)nn1-c1cccc(C#N)c1. The van der Waals surface area contributed by atoms with Gasteiger partial charge in [-0.15, -0.1) is 0 Å². The summed E-state index contributed by atoms with van der Waals surface area (Å²) in [6, 6.07) is 11.9. The largest absolute Gasteiger partial charge is 0.237 e. The number of nitriles is 1. The van der Waals surface area contributed by atoms with Crippen molar-refractivity contribution in [2.75, 3.05) is 0 Å². The van der Waals surface area contributed by atoms with Gasteiger partial charge in [0.2, 0.25) is 0 Å². The molecule has 1 aromatic heterocycles. The number of hydrogen-bond acceptors (Lipinski definition) is 2. The summed E-state index contributed by atoms with van der Waals surface area (Å²) < 4.78 is 1.96. The molecule has 0 aliphatic rings. The normalized spacial score (nSPS) is 11.7. The Morgan fingerprint density at radius 3 is 2.45 bits per heavy atom. The summed E-state index contributed by atoms with van der Waals surface area (Å²) in [4.78, 5) is 0. The molecule has 0 amide bonds. The summed E-state index contributed by atoms with van der Waals surface area (Å²) in [6.07, 6.45) is 0. The summed E-state index contributed by atoms with van der Waals surface area (Å²) in [5, 5.41) is 13.8. The molecule has 3 nitrogen and oxygen atoms in total. The predicted molar refractivity (Wildman–Crippen MR) is 81.1 cm³/mol. The standard InChI is InChI=1S/C17H21N3/c1-12(2)15-10-16(17(3,4)5)19-20(15)14-8-6-7-13(9-14)11-18/h6-10,12H,1-5H3. The highest BCUT2D eigenvalue weighted by Gasteiger charge is 2.21. The van der Waals surface area contributed by atoms with Crippen LogP contribution in [0.3, 0.4) is 0 Å². The Labute approximate surface area is 120 Å². The van der Waals surface area contributed by atoms with E-state index < -0.39 is 0 Å². The first kappa shape index (κ1) is 14.3. The third-order valence-electron chi connectivity index (χ3n) is 3.32. The second-order valence-electron chi connectivity index (χ2n) is 6.43. The van der Waals surface area contributed by atoms with Gasteiger partial charge in [0.05, 0.1) is 23.0 Å². The molecule has 1 heterocycles. The van der Waals surface area contributed by atoms with Crippen LogP contribution in [0.2, 0.25) is 0 Å². The zero-order chi connectivity index (χ0) is 14.9. The molecule has 0 aliphatic carbocycles. The maximum Gasteiger partial charge on any atom is 0.0992 e. The van der Waals surface area contributed by atoms with E-state index in [2.05, 4.69) is 46.8 Å². The van der Waals surface area contributed by atoms with Gasteiger partial charge in [-0.1, -0.05) is 40.7 Å². The number of aromatic nitrogens is 2. The molecule has 1 aromatic carbocycles. The van der Waals surface area contributed by atoms with E-state index >= 15 is 0 Å². The van der Waals surface area contributed by atoms with Crippen LogP contribution in [0.1, 0.15) is 57.5 Å². The minimum absolute atomic E-state index is 0.0156. The van der Waals surface area contributed by atoms with Gasteiger partial charge >= 0.3 is 0 Å². The molecule has 0 saturated heterocycles. The van der Waals surface area contributed by atoms with Gasteiger partial charge in [0, 0.05) is 11.1 Å². The van der Waals surface area contributed by atoms with E-state index in [0.29, 0.717) is 11.5 Å². The van der Waals surface area contributed by atoms with Crippen molar-refractivity contribution in [3.63, 3.8) is 0 Å². The van der Waals surface area contributed by atoms with Crippen LogP contribution in [0.4, 0.5) is 0 Å². The molecule has 0 saturated carbocycles. The van der Waals surface area contributed by atoms with E-state index in [1.807, 2.05) is 28.9 Å². The molecule has 20 heavy (non-hydrogen) atoms. The Bertz CT molecular complexity index is 652. The second-order valence-corrected chi connectivity index (χ2v) is 6.43. The molecule has 0 radical (unpaired) electrons. The molecule has 2 rings (SSSR count). The van der Waals surface area contributed by atoms with Gasteiger partial charge in [-0.2, -0.15) is 10.4 Å². The summed E-state index contributed by atoms with van der Waals surface area (Å²) in [6.45, 7) is 10.8. The highest BCUT2D eigenvalue weighted by molar-refractivity contribution is 5.42. The first-order chi connectivity index (χ1) is 9.32. The quantitative estimate of drug-likeness (QED) is 0.819. The fourth-order valence-electron chi connectivity index (χ4n) is 2.09. The summed E-state index contributed by atoms with van der Waals surface area (Å²) in [7, 11) is 0. The Hall–Kier alpha value is -2.08. The molecule has 0 fully saturated rings. The molecule has 3 heteroatoms. The van der Waals surface area contributed by atoms with Gasteiger partial charge < -0.3 is 0 Å². The lowest BCUT2D eigenvalue weighted by atomic mass is 9.91. The monoisotopic (exact) mass is 267 g/mol. The Morgan fingerprint density at radius 2 is 1.90 bits per heavy atom. The van der Waals surface area contributed by atoms with Crippen molar-refractivity contribution >= 4 is 0 Å². The topological polar surface area (TPSA) is 41.6 Å². The van der Waals surface area contributed by atoms with Crippen molar-refractivity contribution in [2.24, 2.45) is 0 Å². The molecular weight excluding hydrogens is 246 g/mol. The van der Waals surface area contributed by atoms with Crippen LogP contribution in [0.25, 0.3) is 5.69 Å². The maximum absolute atomic E-state index is 9.04. The highest BCUT2D eigenvalue weighted by Crippen LogP contribution is 2.27. The maximum atomic E-state index is 9.04. The van der Waals surface area contributed by atoms with E-state index in [-0.39, 0.29) is 5.41 Å². The lowest BCUT2D eigenvalue weighted by molar-refractivity contribution is 0.559. The van der Waals surface area contributed by atoms with Crippen LogP contribution in [0, 0.1) is 11.3 Å². The Balaban J connectivity index is 2.60. The molecular formula is C17H21N3. The molecule has 0 unspecified atom stereocenters. The lowest BCUT2D eigenvalue weighted by Gasteiger charge is -2.14. The van der Waals surface area contributed by atoms with Gasteiger partial charge in [-0.05, 0) is 30.2 Å². The van der Waals surface area contributed by atoms with Crippen LogP contribution in [0.5, 0.6) is 0 Å². The average molecular weight is 267 g/mol. The van der Waals surface area contributed by atoms with Crippen molar-refractivity contribution in [1.82, 2.24) is 9.78 Å². The fourth-order valence-corrected chi connectivity index (χ4v) is 2.09. The van der Waals surface area contributed by atoms with Crippen LogP contribution in [-0.2, 0) is 5.41 Å². The minimum Gasteiger partial charge on any atom is -0.237 e. The van der Waals surface area contributed by atoms with Gasteiger partial charge in [-0.25, -0.2) is 4.68 Å². The van der Waals surface area contributed by atoms with E-state index in [0.717, 1.165) is 11.4 Å². The van der Waals surface area contributed by atoms with Crippen molar-refractivity contribution in [3.8, 4) is 11.8 Å². The van der Waals surface area contributed by atoms with Crippen LogP contribution < -0.4 is 0 Å². The van der Waals surface area contributed by atoms with E-state index in [1.54, 1.807) is 0 Å². The van der Waals surface area contributed by atoms with Gasteiger partial charge in [0.25, 0.3) is 0 Å². The minimum atomic E-state index is 0.0156. The lowest BCUT2D eigenvalue weighted by Crippen LogP contribution is -2.12. The number of rotatable bonds is 2. The fraction of sp³-hybridized carbons (Fsp3) is 0.412. The molecule has 0 N–H and O–H groups in total. The van der Waals surface area contributed by atoms with E-state index in [9.17, 15) is 0 Å². The van der Waals surface area contributed by atoms with Crippen molar-refractivity contribution in [1.29, 1.82) is 5.26 Å². The van der Waals surface area contributed by atoms with Crippen molar-refractivity contribution < 1.29 is 0 Å². The van der Waals surface area contributed by atoms with Crippen LogP contribution in [0.15, 0.2) is 30.3 Å². The third-order valence-corrected chi connectivity index (χ3v) is 3.32. The van der Waals surface area contributed by atoms with Crippen molar-refractivity contribution in [2.45, 2.75) is 46.0 Å². The molecule has 0 spiro atoms. The van der Waals surface area contributed by atoms with Crippen LogP contribution in [-0.4, -0.2) is 9.78 Å².